The maximum absolute atomic E-state index is 13.3. The van der Waals surface area contributed by atoms with Crippen molar-refractivity contribution in [2.75, 3.05) is 20.0 Å². The molecular weight excluding hydrogens is 512 g/mol. The normalized spacial score (nSPS) is 17.1. The van der Waals surface area contributed by atoms with Crippen molar-refractivity contribution in [2.24, 2.45) is 0 Å². The summed E-state index contributed by atoms with van der Waals surface area (Å²) in [5, 5.41) is 13.7. The molecule has 0 radical (unpaired) electrons. The summed E-state index contributed by atoms with van der Waals surface area (Å²) in [6.45, 7) is 7.17. The Morgan fingerprint density at radius 3 is 2.85 bits per heavy atom. The highest BCUT2D eigenvalue weighted by Crippen LogP contribution is 2.34. The number of nitrogens with zero attached hydrogens (tertiary/aromatic N) is 5. The van der Waals surface area contributed by atoms with Crippen LogP contribution in [0.5, 0.6) is 17.2 Å². The van der Waals surface area contributed by atoms with Crippen LogP contribution in [0.4, 0.5) is 0 Å². The van der Waals surface area contributed by atoms with Gasteiger partial charge in [-0.3, -0.25) is 9.69 Å². The molecule has 0 saturated carbocycles. The first-order valence-electron chi connectivity index (χ1n) is 13.9. The molecule has 2 aromatic carbocycles. The summed E-state index contributed by atoms with van der Waals surface area (Å²) >= 11 is 0. The minimum absolute atomic E-state index is 0.102. The highest BCUT2D eigenvalue weighted by Gasteiger charge is 2.28. The van der Waals surface area contributed by atoms with E-state index in [1.807, 2.05) is 54.1 Å². The highest BCUT2D eigenvalue weighted by atomic mass is 16.7. The maximum Gasteiger partial charge on any atom is 0.252 e. The molecule has 40 heavy (non-hydrogen) atoms. The molecule has 210 valence electrons. The van der Waals surface area contributed by atoms with Crippen LogP contribution in [0.25, 0.3) is 10.9 Å². The monoisotopic (exact) mass is 546 g/mol. The van der Waals surface area contributed by atoms with Gasteiger partial charge in [0.05, 0.1) is 25.3 Å². The number of hydrogen-bond acceptors (Lipinski definition) is 9. The number of tetrazole rings is 1. The largest absolute Gasteiger partial charge is 0.494 e. The van der Waals surface area contributed by atoms with E-state index < -0.39 is 0 Å². The molecule has 1 N–H and O–H groups in total. The number of aromatic nitrogens is 5. The number of fused-ring (bicyclic) bond motifs is 2. The number of aromatic amines is 1. The van der Waals surface area contributed by atoms with E-state index in [2.05, 4.69) is 32.3 Å². The summed E-state index contributed by atoms with van der Waals surface area (Å²) < 4.78 is 24.6. The van der Waals surface area contributed by atoms with Crippen molar-refractivity contribution in [1.82, 2.24) is 30.1 Å². The van der Waals surface area contributed by atoms with Crippen LogP contribution >= 0.6 is 0 Å². The molecule has 6 rings (SSSR count). The van der Waals surface area contributed by atoms with Crippen LogP contribution in [0.3, 0.4) is 0 Å². The predicted octanol–water partition coefficient (Wildman–Crippen LogP) is 3.97. The van der Waals surface area contributed by atoms with Gasteiger partial charge in [0.2, 0.25) is 6.79 Å². The Kier molecular flexibility index (Phi) is 7.65. The molecule has 11 nitrogen and oxygen atoms in total. The fraction of sp³-hybridized carbons (Fsp3) is 0.448. The van der Waals surface area contributed by atoms with E-state index in [0.717, 1.165) is 65.4 Å². The molecule has 2 aliphatic heterocycles. The molecular formula is C29H34N6O5. The van der Waals surface area contributed by atoms with Gasteiger partial charge < -0.3 is 23.9 Å². The summed E-state index contributed by atoms with van der Waals surface area (Å²) in [5.74, 6) is 2.99. The average Bonchev–Trinajstić information content (AvgIpc) is 3.73. The fourth-order valence-corrected chi connectivity index (χ4v) is 5.54. The van der Waals surface area contributed by atoms with Crippen LogP contribution in [0.1, 0.15) is 56.1 Å². The topological polar surface area (TPSA) is 117 Å². The lowest BCUT2D eigenvalue weighted by molar-refractivity contribution is 0.0888. The van der Waals surface area contributed by atoms with E-state index in [1.165, 1.54) is 0 Å². The smallest absolute Gasteiger partial charge is 0.252 e. The van der Waals surface area contributed by atoms with Crippen LogP contribution in [0, 0.1) is 0 Å². The molecule has 2 atom stereocenters. The van der Waals surface area contributed by atoms with E-state index in [0.29, 0.717) is 31.8 Å². The molecule has 1 fully saturated rings. The Bertz CT molecular complexity index is 1530. The van der Waals surface area contributed by atoms with Crippen LogP contribution in [-0.4, -0.2) is 56.2 Å². The van der Waals surface area contributed by atoms with Gasteiger partial charge in [-0.15, -0.1) is 5.10 Å². The Hall–Kier alpha value is -3.96. The summed E-state index contributed by atoms with van der Waals surface area (Å²) in [4.78, 5) is 18.6. The third kappa shape index (κ3) is 5.52. The maximum atomic E-state index is 13.3. The van der Waals surface area contributed by atoms with Crippen LogP contribution in [0.15, 0.2) is 47.3 Å². The van der Waals surface area contributed by atoms with E-state index in [-0.39, 0.29) is 24.5 Å². The van der Waals surface area contributed by atoms with Crippen molar-refractivity contribution in [2.45, 2.75) is 64.9 Å². The van der Waals surface area contributed by atoms with Crippen molar-refractivity contribution in [3.05, 3.63) is 69.8 Å². The first-order valence-corrected chi connectivity index (χ1v) is 13.9. The van der Waals surface area contributed by atoms with Gasteiger partial charge in [0.25, 0.3) is 5.56 Å². The highest BCUT2D eigenvalue weighted by molar-refractivity contribution is 5.80. The van der Waals surface area contributed by atoms with Crippen LogP contribution in [0.2, 0.25) is 0 Å². The molecule has 4 heterocycles. The molecule has 1 saturated heterocycles. The lowest BCUT2D eigenvalue weighted by atomic mass is 10.1. The van der Waals surface area contributed by atoms with E-state index in [4.69, 9.17) is 18.9 Å². The Morgan fingerprint density at radius 1 is 1.12 bits per heavy atom. The fourth-order valence-electron chi connectivity index (χ4n) is 5.54. The molecule has 0 amide bonds. The first kappa shape index (κ1) is 26.3. The second-order valence-corrected chi connectivity index (χ2v) is 10.2. The number of benzene rings is 2. The van der Waals surface area contributed by atoms with Crippen molar-refractivity contribution in [3.63, 3.8) is 0 Å². The van der Waals surface area contributed by atoms with Gasteiger partial charge in [-0.25, -0.2) is 4.68 Å². The molecule has 0 bridgehead atoms. The van der Waals surface area contributed by atoms with Crippen LogP contribution < -0.4 is 19.8 Å². The molecule has 11 heteroatoms. The summed E-state index contributed by atoms with van der Waals surface area (Å²) in [5.41, 5.74) is 2.34. The lowest BCUT2D eigenvalue weighted by Gasteiger charge is -2.30. The quantitative estimate of drug-likeness (QED) is 0.298. The summed E-state index contributed by atoms with van der Waals surface area (Å²) in [6.07, 6.45) is 2.89. The lowest BCUT2D eigenvalue weighted by Crippen LogP contribution is -2.33. The SMILES string of the molecule is CCOc1ccc2[nH]c(=O)c(CN(Cc3ccc4c(c3)OCO4)[C@@H](CC)c3nnnn3C[C@H]3CCCO3)cc2c1. The first-order chi connectivity index (χ1) is 19.6. The number of hydrogen-bond donors (Lipinski definition) is 1. The van der Waals surface area contributed by atoms with Crippen molar-refractivity contribution in [3.8, 4) is 17.2 Å². The third-order valence-electron chi connectivity index (χ3n) is 7.49. The van der Waals surface area contributed by atoms with E-state index >= 15 is 0 Å². The van der Waals surface area contributed by atoms with E-state index in [1.54, 1.807) is 0 Å². The second-order valence-electron chi connectivity index (χ2n) is 10.2. The number of ether oxygens (including phenoxy) is 4. The zero-order chi connectivity index (χ0) is 27.5. The number of H-pyrrole nitrogens is 1. The standard InChI is InChI=1S/C29H34N6O5/c1-3-25(28-31-32-33-35(28)17-23-6-5-11-38-23)34(15-19-7-10-26-27(12-19)40-18-39-26)16-21-13-20-14-22(37-4-2)8-9-24(20)30-29(21)36/h7-10,12-14,23,25H,3-6,11,15-18H2,1-2H3,(H,30,36)/t23-,25+/m1/s1. The summed E-state index contributed by atoms with van der Waals surface area (Å²) in [7, 11) is 0. The number of pyridine rings is 1. The second kappa shape index (κ2) is 11.6. The van der Waals surface area contributed by atoms with Crippen LogP contribution in [-0.2, 0) is 24.4 Å². The number of nitrogens with one attached hydrogen (secondary N) is 1. The van der Waals surface area contributed by atoms with Gasteiger partial charge in [0.1, 0.15) is 5.75 Å². The minimum Gasteiger partial charge on any atom is -0.494 e. The van der Waals surface area contributed by atoms with Gasteiger partial charge in [-0.2, -0.15) is 0 Å². The molecule has 0 aliphatic carbocycles. The average molecular weight is 547 g/mol. The van der Waals surface area contributed by atoms with E-state index in [9.17, 15) is 4.79 Å². The van der Waals surface area contributed by atoms with Gasteiger partial charge in [0.15, 0.2) is 17.3 Å². The van der Waals surface area contributed by atoms with Gasteiger partial charge in [0, 0.05) is 36.2 Å². The van der Waals surface area contributed by atoms with Crippen molar-refractivity contribution in [1.29, 1.82) is 0 Å². The molecule has 4 aromatic rings. The van der Waals surface area contributed by atoms with Gasteiger partial charge in [-0.1, -0.05) is 13.0 Å². The van der Waals surface area contributed by atoms with Gasteiger partial charge in [-0.05, 0) is 78.6 Å². The molecule has 0 spiro atoms. The zero-order valence-electron chi connectivity index (χ0n) is 22.8. The Balaban J connectivity index is 1.35. The zero-order valence-corrected chi connectivity index (χ0v) is 22.8. The molecule has 0 unspecified atom stereocenters. The van der Waals surface area contributed by atoms with Gasteiger partial charge >= 0.3 is 0 Å². The van der Waals surface area contributed by atoms with Crippen molar-refractivity contribution >= 4 is 10.9 Å². The molecule has 2 aromatic heterocycles. The third-order valence-corrected chi connectivity index (χ3v) is 7.49. The summed E-state index contributed by atoms with van der Waals surface area (Å²) in [6, 6.07) is 13.5. The number of rotatable bonds is 11. The Morgan fingerprint density at radius 2 is 2.02 bits per heavy atom. The van der Waals surface area contributed by atoms with Crippen molar-refractivity contribution < 1.29 is 18.9 Å². The molecule has 2 aliphatic rings. The Labute approximate surface area is 232 Å². The predicted molar refractivity (Wildman–Crippen MR) is 147 cm³/mol. The minimum atomic E-state index is -0.147.